The molecule has 0 atom stereocenters. The topological polar surface area (TPSA) is 111 Å². The summed E-state index contributed by atoms with van der Waals surface area (Å²) in [6.45, 7) is 0.351. The van der Waals surface area contributed by atoms with Crippen molar-refractivity contribution in [3.8, 4) is 11.4 Å². The summed E-state index contributed by atoms with van der Waals surface area (Å²) in [4.78, 5) is 5.40. The number of rotatable bonds is 3. The highest BCUT2D eigenvalue weighted by Gasteiger charge is 2.07. The molecular formula is C10H10N8. The first kappa shape index (κ1) is 10.4. The Kier molecular flexibility index (Phi) is 2.45. The van der Waals surface area contributed by atoms with E-state index in [0.717, 1.165) is 5.56 Å². The predicted molar refractivity (Wildman–Crippen MR) is 63.2 cm³/mol. The van der Waals surface area contributed by atoms with Crippen LogP contribution >= 0.6 is 0 Å². The Morgan fingerprint density at radius 2 is 2.06 bits per heavy atom. The Morgan fingerprint density at radius 3 is 2.78 bits per heavy atom. The summed E-state index contributed by atoms with van der Waals surface area (Å²) in [6, 6.07) is 9.63. The summed E-state index contributed by atoms with van der Waals surface area (Å²) in [5.41, 5.74) is 6.33. The number of aromatic amines is 1. The number of nitrogens with zero attached hydrogens (tertiary/aromatic N) is 6. The summed E-state index contributed by atoms with van der Waals surface area (Å²) in [5, 5.41) is 18.6. The predicted octanol–water partition coefficient (Wildman–Crippen LogP) is 0.0887. The molecule has 8 heteroatoms. The highest BCUT2D eigenvalue weighted by atomic mass is 15.6. The van der Waals surface area contributed by atoms with Crippen LogP contribution in [0.4, 0.5) is 5.95 Å². The molecule has 0 spiro atoms. The second-order valence-corrected chi connectivity index (χ2v) is 3.65. The van der Waals surface area contributed by atoms with E-state index in [4.69, 9.17) is 5.73 Å². The SMILES string of the molecule is Nc1n[nH]c(Cn2nnc(-c3ccccc3)n2)n1. The molecule has 18 heavy (non-hydrogen) atoms. The van der Waals surface area contributed by atoms with Gasteiger partial charge in [-0.05, 0) is 5.21 Å². The van der Waals surface area contributed by atoms with Crippen molar-refractivity contribution in [2.45, 2.75) is 6.54 Å². The number of H-pyrrole nitrogens is 1. The fourth-order valence-corrected chi connectivity index (χ4v) is 1.53. The van der Waals surface area contributed by atoms with Gasteiger partial charge in [0.05, 0.1) is 0 Å². The van der Waals surface area contributed by atoms with Crippen LogP contribution in [0.15, 0.2) is 30.3 Å². The Labute approximate surface area is 102 Å². The van der Waals surface area contributed by atoms with Gasteiger partial charge in [-0.2, -0.15) is 9.78 Å². The van der Waals surface area contributed by atoms with Crippen molar-refractivity contribution in [3.05, 3.63) is 36.2 Å². The number of anilines is 1. The molecule has 0 unspecified atom stereocenters. The van der Waals surface area contributed by atoms with Crippen LogP contribution in [0.2, 0.25) is 0 Å². The maximum absolute atomic E-state index is 5.41. The molecule has 0 aliphatic heterocycles. The molecule has 3 N–H and O–H groups in total. The lowest BCUT2D eigenvalue weighted by atomic mass is 10.2. The number of nitrogen functional groups attached to an aromatic ring is 1. The Hall–Kier alpha value is -2.77. The third kappa shape index (κ3) is 2.03. The largest absolute Gasteiger partial charge is 0.367 e. The molecule has 0 aliphatic carbocycles. The van der Waals surface area contributed by atoms with Crippen LogP contribution in [0.3, 0.4) is 0 Å². The molecule has 0 radical (unpaired) electrons. The van der Waals surface area contributed by atoms with Crippen LogP contribution in [-0.4, -0.2) is 35.4 Å². The van der Waals surface area contributed by atoms with Gasteiger partial charge in [-0.1, -0.05) is 30.3 Å². The van der Waals surface area contributed by atoms with E-state index < -0.39 is 0 Å². The van der Waals surface area contributed by atoms with Gasteiger partial charge in [-0.3, -0.25) is 5.10 Å². The molecule has 0 bridgehead atoms. The van der Waals surface area contributed by atoms with E-state index in [1.54, 1.807) is 0 Å². The van der Waals surface area contributed by atoms with Gasteiger partial charge in [0.1, 0.15) is 12.4 Å². The molecule has 0 saturated heterocycles. The molecule has 90 valence electrons. The van der Waals surface area contributed by atoms with Gasteiger partial charge in [0, 0.05) is 5.56 Å². The summed E-state index contributed by atoms with van der Waals surface area (Å²) < 4.78 is 0. The minimum Gasteiger partial charge on any atom is -0.367 e. The zero-order chi connectivity index (χ0) is 12.4. The van der Waals surface area contributed by atoms with E-state index in [0.29, 0.717) is 18.2 Å². The molecule has 8 nitrogen and oxygen atoms in total. The summed E-state index contributed by atoms with van der Waals surface area (Å²) in [6.07, 6.45) is 0. The Bertz CT molecular complexity index is 641. The molecule has 0 aliphatic rings. The minimum absolute atomic E-state index is 0.202. The minimum atomic E-state index is 0.202. The van der Waals surface area contributed by atoms with E-state index in [1.165, 1.54) is 4.80 Å². The van der Waals surface area contributed by atoms with E-state index in [-0.39, 0.29) is 5.95 Å². The van der Waals surface area contributed by atoms with Crippen molar-refractivity contribution in [3.63, 3.8) is 0 Å². The number of aromatic nitrogens is 7. The fraction of sp³-hybridized carbons (Fsp3) is 0.100. The number of hydrogen-bond donors (Lipinski definition) is 2. The maximum Gasteiger partial charge on any atom is 0.239 e. The van der Waals surface area contributed by atoms with E-state index in [2.05, 4.69) is 30.6 Å². The number of hydrogen-bond acceptors (Lipinski definition) is 6. The van der Waals surface area contributed by atoms with E-state index in [9.17, 15) is 0 Å². The number of tetrazole rings is 1. The second kappa shape index (κ2) is 4.24. The average Bonchev–Trinajstić information content (AvgIpc) is 3.01. The lowest BCUT2D eigenvalue weighted by Crippen LogP contribution is -2.05. The maximum atomic E-state index is 5.41. The molecule has 1 aromatic carbocycles. The zero-order valence-electron chi connectivity index (χ0n) is 9.35. The Balaban J connectivity index is 1.82. The van der Waals surface area contributed by atoms with Crippen molar-refractivity contribution in [2.75, 3.05) is 5.73 Å². The first-order chi connectivity index (χ1) is 8.81. The molecule has 0 fully saturated rings. The highest BCUT2D eigenvalue weighted by Crippen LogP contribution is 2.11. The molecule has 0 amide bonds. The van der Waals surface area contributed by atoms with Gasteiger partial charge < -0.3 is 5.73 Å². The summed E-state index contributed by atoms with van der Waals surface area (Å²) >= 11 is 0. The number of nitrogens with two attached hydrogens (primary N) is 1. The van der Waals surface area contributed by atoms with Crippen LogP contribution in [0.5, 0.6) is 0 Å². The number of nitrogens with one attached hydrogen (secondary N) is 1. The van der Waals surface area contributed by atoms with Crippen LogP contribution < -0.4 is 5.73 Å². The molecule has 0 saturated carbocycles. The lowest BCUT2D eigenvalue weighted by molar-refractivity contribution is 0.556. The van der Waals surface area contributed by atoms with Gasteiger partial charge in [-0.25, -0.2) is 0 Å². The molecule has 2 aromatic heterocycles. The van der Waals surface area contributed by atoms with Crippen molar-refractivity contribution in [2.24, 2.45) is 0 Å². The molecular weight excluding hydrogens is 232 g/mol. The summed E-state index contributed by atoms with van der Waals surface area (Å²) in [7, 11) is 0. The van der Waals surface area contributed by atoms with E-state index >= 15 is 0 Å². The standard InChI is InChI=1S/C10H10N8/c11-10-12-8(13-15-10)6-18-16-9(14-17-18)7-4-2-1-3-5-7/h1-5H,6H2,(H3,11,12,13,15). The third-order valence-corrected chi connectivity index (χ3v) is 2.33. The quantitative estimate of drug-likeness (QED) is 0.673. The van der Waals surface area contributed by atoms with Crippen LogP contribution in [0, 0.1) is 0 Å². The first-order valence-electron chi connectivity index (χ1n) is 5.31. The normalized spacial score (nSPS) is 10.7. The monoisotopic (exact) mass is 242 g/mol. The molecule has 3 rings (SSSR count). The van der Waals surface area contributed by atoms with Crippen molar-refractivity contribution >= 4 is 5.95 Å². The summed E-state index contributed by atoms with van der Waals surface area (Å²) in [5.74, 6) is 1.36. The third-order valence-electron chi connectivity index (χ3n) is 2.33. The van der Waals surface area contributed by atoms with Crippen molar-refractivity contribution < 1.29 is 0 Å². The van der Waals surface area contributed by atoms with Gasteiger partial charge in [-0.15, -0.1) is 15.3 Å². The van der Waals surface area contributed by atoms with Gasteiger partial charge >= 0.3 is 0 Å². The van der Waals surface area contributed by atoms with Crippen molar-refractivity contribution in [1.82, 2.24) is 35.4 Å². The van der Waals surface area contributed by atoms with Gasteiger partial charge in [0.2, 0.25) is 11.8 Å². The van der Waals surface area contributed by atoms with Crippen LogP contribution in [0.1, 0.15) is 5.82 Å². The second-order valence-electron chi connectivity index (χ2n) is 3.65. The Morgan fingerprint density at radius 1 is 1.22 bits per heavy atom. The average molecular weight is 242 g/mol. The highest BCUT2D eigenvalue weighted by molar-refractivity contribution is 5.52. The fourth-order valence-electron chi connectivity index (χ4n) is 1.53. The van der Waals surface area contributed by atoms with E-state index in [1.807, 2.05) is 30.3 Å². The van der Waals surface area contributed by atoms with Gasteiger partial charge in [0.25, 0.3) is 0 Å². The smallest absolute Gasteiger partial charge is 0.239 e. The van der Waals surface area contributed by atoms with Crippen LogP contribution in [0.25, 0.3) is 11.4 Å². The molecule has 3 aromatic rings. The van der Waals surface area contributed by atoms with Crippen molar-refractivity contribution in [1.29, 1.82) is 0 Å². The first-order valence-corrected chi connectivity index (χ1v) is 5.31. The lowest BCUT2D eigenvalue weighted by Gasteiger charge is -1.93. The van der Waals surface area contributed by atoms with Gasteiger partial charge in [0.15, 0.2) is 0 Å². The van der Waals surface area contributed by atoms with Crippen LogP contribution in [-0.2, 0) is 6.54 Å². The molecule has 2 heterocycles. The number of benzene rings is 1. The zero-order valence-corrected chi connectivity index (χ0v) is 9.35.